The number of halogens is 7. The average molecular weight is 857 g/mol. The third kappa shape index (κ3) is 8.07. The average Bonchev–Trinajstić information content (AvgIpc) is 3.07. The molecule has 0 heterocycles. The van der Waals surface area contributed by atoms with Gasteiger partial charge < -0.3 is 0 Å². The van der Waals surface area contributed by atoms with Gasteiger partial charge in [-0.15, -0.1) is 0 Å². The van der Waals surface area contributed by atoms with E-state index < -0.39 is 61.8 Å². The van der Waals surface area contributed by atoms with Gasteiger partial charge >= 0.3 is 231 Å². The summed E-state index contributed by atoms with van der Waals surface area (Å²) >= 11 is -3.63. The maximum absolute atomic E-state index is 13.7. The molecular weight excluding hydrogens is 833 g/mol. The molecule has 5 aromatic carbocycles. The molecule has 0 aromatic heterocycles. The van der Waals surface area contributed by atoms with Crippen molar-refractivity contribution in [3.05, 3.63) is 147 Å². The summed E-state index contributed by atoms with van der Waals surface area (Å²) in [4.78, 5) is 0.442. The molecule has 0 radical (unpaired) electrons. The summed E-state index contributed by atoms with van der Waals surface area (Å²) in [5.41, 5.74) is -11.3. The van der Waals surface area contributed by atoms with E-state index >= 15 is 0 Å². The second kappa shape index (κ2) is 14.3. The van der Waals surface area contributed by atoms with Gasteiger partial charge in [-0.05, 0) is 0 Å². The van der Waals surface area contributed by atoms with E-state index in [1.807, 2.05) is 0 Å². The molecule has 0 saturated heterocycles. The SMILES string of the molecule is O=S(=O)(OI(c1ccccc1)c1ccc(Oc2ccc(S(OS(=O)(=O)C(F)(F)F)(c3ccccc3)c3ccccc3)cc2)cc1)C(F)(F)F. The Balaban J connectivity index is 1.49. The van der Waals surface area contributed by atoms with Gasteiger partial charge in [-0.2, -0.15) is 21.6 Å². The molecular formula is C32H23F6IO7S3. The minimum absolute atomic E-state index is 0.0981. The standard InChI is InChI=1S/C32H23F6IO7S3/c33-31(34,35)48(40,41)45-39(24-10-4-1-5-11-24)25-16-18-26(19-17-25)44-27-20-22-30(23-21-27)47(28-12-6-2-7-13-28,29-14-8-3-9-15-29)46-49(42,43)32(36,37)38/h1-23H. The fourth-order valence-electron chi connectivity index (χ4n) is 4.22. The molecule has 0 unspecified atom stereocenters. The Morgan fingerprint density at radius 3 is 1.24 bits per heavy atom. The van der Waals surface area contributed by atoms with Crippen molar-refractivity contribution in [1.82, 2.24) is 0 Å². The van der Waals surface area contributed by atoms with Crippen molar-refractivity contribution >= 4 is 50.8 Å². The van der Waals surface area contributed by atoms with E-state index in [-0.39, 0.29) is 29.8 Å². The molecule has 5 aromatic rings. The first-order valence-corrected chi connectivity index (χ1v) is 21.0. The Morgan fingerprint density at radius 2 is 0.816 bits per heavy atom. The molecule has 0 spiro atoms. The third-order valence-corrected chi connectivity index (χ3v) is 18.4. The Bertz CT molecular complexity index is 2040. The van der Waals surface area contributed by atoms with Gasteiger partial charge in [0.15, 0.2) is 0 Å². The fourth-order valence-corrected chi connectivity index (χ4v) is 15.4. The quantitative estimate of drug-likeness (QED) is 0.0742. The summed E-state index contributed by atoms with van der Waals surface area (Å²) in [6.45, 7) is 0. The van der Waals surface area contributed by atoms with E-state index in [1.54, 1.807) is 54.6 Å². The van der Waals surface area contributed by atoms with Crippen molar-refractivity contribution in [2.75, 3.05) is 0 Å². The molecule has 49 heavy (non-hydrogen) atoms. The van der Waals surface area contributed by atoms with Gasteiger partial charge in [0, 0.05) is 0 Å². The zero-order valence-electron chi connectivity index (χ0n) is 24.5. The van der Waals surface area contributed by atoms with Crippen LogP contribution in [0.15, 0.2) is 154 Å². The molecule has 0 saturated carbocycles. The summed E-state index contributed by atoms with van der Waals surface area (Å²) in [5, 5.41) is 0. The van der Waals surface area contributed by atoms with Crippen LogP contribution < -0.4 is 4.74 Å². The molecule has 0 aliphatic carbocycles. The number of hydrogen-bond donors (Lipinski definition) is 0. The number of alkyl halides is 6. The second-order valence-corrected chi connectivity index (χ2v) is 20.6. The topological polar surface area (TPSA) is 96.0 Å². The van der Waals surface area contributed by atoms with Crippen LogP contribution >= 0.6 is 30.5 Å². The third-order valence-electron chi connectivity index (χ3n) is 6.39. The van der Waals surface area contributed by atoms with E-state index in [4.69, 9.17) is 10.9 Å². The van der Waals surface area contributed by atoms with Crippen molar-refractivity contribution in [2.24, 2.45) is 0 Å². The molecule has 5 rings (SSSR count). The van der Waals surface area contributed by atoms with Crippen LogP contribution in [-0.2, 0) is 26.4 Å². The molecule has 0 fully saturated rings. The summed E-state index contributed by atoms with van der Waals surface area (Å²) in [6.07, 6.45) is 0. The van der Waals surface area contributed by atoms with E-state index in [2.05, 4.69) is 0 Å². The number of benzene rings is 5. The molecule has 7 nitrogen and oxygen atoms in total. The van der Waals surface area contributed by atoms with Crippen LogP contribution in [0.3, 0.4) is 0 Å². The Kier molecular flexibility index (Phi) is 10.7. The summed E-state index contributed by atoms with van der Waals surface area (Å²) < 4.78 is 146. The van der Waals surface area contributed by atoms with Crippen LogP contribution in [0.25, 0.3) is 0 Å². The van der Waals surface area contributed by atoms with Crippen molar-refractivity contribution in [1.29, 1.82) is 0 Å². The first-order valence-electron chi connectivity index (χ1n) is 13.6. The fraction of sp³-hybridized carbons (Fsp3) is 0.0625. The van der Waals surface area contributed by atoms with E-state index in [0.29, 0.717) is 3.57 Å². The maximum atomic E-state index is 13.7. The van der Waals surface area contributed by atoms with Crippen molar-refractivity contribution in [2.45, 2.75) is 25.7 Å². The van der Waals surface area contributed by atoms with Crippen molar-refractivity contribution < 1.29 is 54.1 Å². The number of hydrogen-bond acceptors (Lipinski definition) is 7. The van der Waals surface area contributed by atoms with Crippen LogP contribution in [0.4, 0.5) is 26.3 Å². The van der Waals surface area contributed by atoms with Crippen molar-refractivity contribution in [3.8, 4) is 11.5 Å². The minimum atomic E-state index is -6.11. The predicted molar refractivity (Wildman–Crippen MR) is 178 cm³/mol. The molecule has 0 aliphatic heterocycles. The van der Waals surface area contributed by atoms with Gasteiger partial charge in [0.25, 0.3) is 0 Å². The van der Waals surface area contributed by atoms with Crippen LogP contribution in [-0.4, -0.2) is 27.9 Å². The van der Waals surface area contributed by atoms with E-state index in [1.165, 1.54) is 84.9 Å². The van der Waals surface area contributed by atoms with Gasteiger partial charge in [-0.25, -0.2) is 0 Å². The molecule has 0 bridgehead atoms. The zero-order valence-corrected chi connectivity index (χ0v) is 29.1. The Labute approximate surface area is 287 Å². The first kappa shape index (κ1) is 36.7. The van der Waals surface area contributed by atoms with Crippen LogP contribution in [0.2, 0.25) is 0 Å². The number of ether oxygens (including phenoxy) is 1. The van der Waals surface area contributed by atoms with E-state index in [0.717, 1.165) is 0 Å². The number of rotatable bonds is 11. The Morgan fingerprint density at radius 1 is 0.449 bits per heavy atom. The van der Waals surface area contributed by atoms with Crippen LogP contribution in [0, 0.1) is 7.14 Å². The van der Waals surface area contributed by atoms with Gasteiger partial charge in [-0.1, -0.05) is 36.4 Å². The summed E-state index contributed by atoms with van der Waals surface area (Å²) in [5.74, 6) is 0.346. The van der Waals surface area contributed by atoms with Gasteiger partial charge in [0.2, 0.25) is 0 Å². The summed E-state index contributed by atoms with van der Waals surface area (Å²) in [6, 6.07) is 34.0. The zero-order chi connectivity index (χ0) is 35.5. The van der Waals surface area contributed by atoms with Crippen LogP contribution in [0.5, 0.6) is 11.5 Å². The first-order chi connectivity index (χ1) is 23.0. The van der Waals surface area contributed by atoms with Gasteiger partial charge in [0.05, 0.1) is 0 Å². The monoisotopic (exact) mass is 856 g/mol. The summed E-state index contributed by atoms with van der Waals surface area (Å²) in [7, 11) is -15.5. The van der Waals surface area contributed by atoms with Gasteiger partial charge in [0.1, 0.15) is 0 Å². The predicted octanol–water partition coefficient (Wildman–Crippen LogP) is 9.87. The second-order valence-electron chi connectivity index (χ2n) is 9.68. The Hall–Kier alpha value is -3.62. The molecule has 0 aliphatic rings. The molecule has 0 atom stereocenters. The molecule has 0 N–H and O–H groups in total. The molecule has 17 heteroatoms. The molecule has 0 amide bonds. The van der Waals surface area contributed by atoms with E-state index in [9.17, 15) is 43.2 Å². The van der Waals surface area contributed by atoms with Gasteiger partial charge in [-0.3, -0.25) is 0 Å². The normalized spacial score (nSPS) is 13.5. The molecule has 260 valence electrons. The van der Waals surface area contributed by atoms with Crippen LogP contribution in [0.1, 0.15) is 0 Å². The van der Waals surface area contributed by atoms with Crippen molar-refractivity contribution in [3.63, 3.8) is 0 Å².